The summed E-state index contributed by atoms with van der Waals surface area (Å²) in [5, 5.41) is 0.601. The van der Waals surface area contributed by atoms with Crippen LogP contribution in [0.4, 0.5) is 0 Å². The summed E-state index contributed by atoms with van der Waals surface area (Å²) >= 11 is 0. The maximum atomic E-state index is 13.5. The highest BCUT2D eigenvalue weighted by Crippen LogP contribution is 2.38. The van der Waals surface area contributed by atoms with E-state index in [9.17, 15) is 4.79 Å². The molecule has 0 aliphatic carbocycles. The molecule has 0 fully saturated rings. The Balaban J connectivity index is 2.48. The van der Waals surface area contributed by atoms with Gasteiger partial charge < -0.3 is 37.9 Å². The molecular formula is C24H33O9P. The highest BCUT2D eigenvalue weighted by molar-refractivity contribution is 7.66. The zero-order valence-corrected chi connectivity index (χ0v) is 21.3. The highest BCUT2D eigenvalue weighted by atomic mass is 31.1. The average molecular weight is 496 g/mol. The van der Waals surface area contributed by atoms with Gasteiger partial charge in [-0.15, -0.1) is 0 Å². The fourth-order valence-corrected chi connectivity index (χ4v) is 4.10. The number of ether oxygens (including phenoxy) is 8. The Kier molecular flexibility index (Phi) is 12.5. The van der Waals surface area contributed by atoms with Crippen LogP contribution >= 0.6 is 8.58 Å². The lowest BCUT2D eigenvalue weighted by atomic mass is 10.2. The van der Waals surface area contributed by atoms with Crippen LogP contribution < -0.4 is 29.0 Å². The van der Waals surface area contributed by atoms with Crippen LogP contribution in [0.1, 0.15) is 10.4 Å². The molecule has 0 saturated carbocycles. The number of benzene rings is 2. The van der Waals surface area contributed by atoms with Crippen LogP contribution in [0.15, 0.2) is 30.3 Å². The van der Waals surface area contributed by atoms with Crippen molar-refractivity contribution in [2.75, 3.05) is 75.2 Å². The Morgan fingerprint density at radius 3 is 1.59 bits per heavy atom. The summed E-state index contributed by atoms with van der Waals surface area (Å²) < 4.78 is 43.8. The Labute approximate surface area is 202 Å². The van der Waals surface area contributed by atoms with E-state index in [1.165, 1.54) is 14.2 Å². The number of carbonyl (C=O) groups is 1. The molecule has 1 atom stereocenters. The van der Waals surface area contributed by atoms with Crippen molar-refractivity contribution in [2.45, 2.75) is 0 Å². The number of carbonyl (C=O) groups excluding carboxylic acids is 1. The van der Waals surface area contributed by atoms with E-state index >= 15 is 0 Å². The van der Waals surface area contributed by atoms with Crippen molar-refractivity contribution in [3.63, 3.8) is 0 Å². The summed E-state index contributed by atoms with van der Waals surface area (Å²) in [6.45, 7) is 2.12. The summed E-state index contributed by atoms with van der Waals surface area (Å²) in [7, 11) is 7.47. The molecule has 0 spiro atoms. The smallest absolute Gasteiger partial charge is 0.193 e. The third-order valence-electron chi connectivity index (χ3n) is 4.58. The largest absolute Gasteiger partial charge is 0.496 e. The minimum atomic E-state index is -0.336. The zero-order chi connectivity index (χ0) is 24.8. The first-order valence-corrected chi connectivity index (χ1v) is 11.6. The van der Waals surface area contributed by atoms with Gasteiger partial charge in [0.2, 0.25) is 0 Å². The molecule has 2 rings (SSSR count). The lowest BCUT2D eigenvalue weighted by Gasteiger charge is -2.19. The second-order valence-electron chi connectivity index (χ2n) is 6.81. The van der Waals surface area contributed by atoms with Gasteiger partial charge in [0.15, 0.2) is 5.52 Å². The van der Waals surface area contributed by atoms with Gasteiger partial charge in [0.05, 0.1) is 39.3 Å². The molecule has 0 saturated heterocycles. The SMILES string of the molecule is COCCOc1cc(OCCOC)c(PC(=O)c2c(OC)cccc2OC)c(OCCOC)c1. The fraction of sp³-hybridized carbons (Fsp3) is 0.458. The van der Waals surface area contributed by atoms with E-state index in [4.69, 9.17) is 37.9 Å². The molecule has 0 aromatic heterocycles. The van der Waals surface area contributed by atoms with Crippen molar-refractivity contribution in [1.82, 2.24) is 0 Å². The molecule has 9 nitrogen and oxygen atoms in total. The third-order valence-corrected chi connectivity index (χ3v) is 5.80. The van der Waals surface area contributed by atoms with E-state index in [0.29, 0.717) is 79.3 Å². The highest BCUT2D eigenvalue weighted by Gasteiger charge is 2.23. The minimum Gasteiger partial charge on any atom is -0.496 e. The fourth-order valence-electron chi connectivity index (χ4n) is 2.96. The molecule has 0 amide bonds. The van der Waals surface area contributed by atoms with Crippen molar-refractivity contribution in [3.05, 3.63) is 35.9 Å². The van der Waals surface area contributed by atoms with Gasteiger partial charge in [0, 0.05) is 33.5 Å². The first-order valence-electron chi connectivity index (χ1n) is 10.6. The molecule has 188 valence electrons. The van der Waals surface area contributed by atoms with Crippen LogP contribution in [0, 0.1) is 0 Å². The maximum Gasteiger partial charge on any atom is 0.193 e. The predicted molar refractivity (Wildman–Crippen MR) is 130 cm³/mol. The van der Waals surface area contributed by atoms with Gasteiger partial charge in [-0.25, -0.2) is 0 Å². The molecule has 0 N–H and O–H groups in total. The van der Waals surface area contributed by atoms with E-state index in [-0.39, 0.29) is 14.1 Å². The second-order valence-corrected chi connectivity index (χ2v) is 8.01. The summed E-state index contributed by atoms with van der Waals surface area (Å²) in [5.41, 5.74) is 0.174. The van der Waals surface area contributed by atoms with Crippen LogP contribution in [0.3, 0.4) is 0 Å². The molecule has 0 aliphatic rings. The predicted octanol–water partition coefficient (Wildman–Crippen LogP) is 2.92. The van der Waals surface area contributed by atoms with E-state index in [1.54, 1.807) is 51.7 Å². The molecule has 1 unspecified atom stereocenters. The van der Waals surface area contributed by atoms with E-state index < -0.39 is 0 Å². The van der Waals surface area contributed by atoms with Crippen LogP contribution in [0.25, 0.3) is 0 Å². The van der Waals surface area contributed by atoms with Crippen molar-refractivity contribution in [2.24, 2.45) is 0 Å². The van der Waals surface area contributed by atoms with Gasteiger partial charge in [0.25, 0.3) is 0 Å². The van der Waals surface area contributed by atoms with Crippen molar-refractivity contribution >= 4 is 19.4 Å². The van der Waals surface area contributed by atoms with E-state index in [1.807, 2.05) is 0 Å². The number of hydrogen-bond donors (Lipinski definition) is 0. The van der Waals surface area contributed by atoms with Crippen LogP contribution in [0.5, 0.6) is 28.7 Å². The van der Waals surface area contributed by atoms with Crippen LogP contribution in [-0.2, 0) is 14.2 Å². The van der Waals surface area contributed by atoms with Gasteiger partial charge in [-0.3, -0.25) is 4.79 Å². The van der Waals surface area contributed by atoms with Crippen molar-refractivity contribution in [3.8, 4) is 28.7 Å². The van der Waals surface area contributed by atoms with Gasteiger partial charge in [-0.05, 0) is 20.7 Å². The normalized spacial score (nSPS) is 11.0. The van der Waals surface area contributed by atoms with Gasteiger partial charge in [0.1, 0.15) is 54.1 Å². The molecule has 2 aromatic carbocycles. The molecule has 2 aromatic rings. The lowest BCUT2D eigenvalue weighted by molar-refractivity contribution is 0.108. The maximum absolute atomic E-state index is 13.5. The summed E-state index contributed by atoms with van der Waals surface area (Å²) in [6.07, 6.45) is 0. The third kappa shape index (κ3) is 8.02. The van der Waals surface area contributed by atoms with Crippen molar-refractivity contribution in [1.29, 1.82) is 0 Å². The number of hydrogen-bond acceptors (Lipinski definition) is 9. The van der Waals surface area contributed by atoms with Crippen molar-refractivity contribution < 1.29 is 42.7 Å². The Hall–Kier alpha value is -2.58. The molecule has 34 heavy (non-hydrogen) atoms. The minimum absolute atomic E-state index is 0.185. The second kappa shape index (κ2) is 15.3. The zero-order valence-electron chi connectivity index (χ0n) is 20.3. The number of methoxy groups -OCH3 is 5. The molecular weight excluding hydrogens is 463 g/mol. The molecule has 0 aliphatic heterocycles. The lowest BCUT2D eigenvalue weighted by Crippen LogP contribution is -2.17. The molecule has 0 heterocycles. The van der Waals surface area contributed by atoms with E-state index in [0.717, 1.165) is 0 Å². The Bertz CT molecular complexity index is 851. The first kappa shape index (κ1) is 27.7. The Morgan fingerprint density at radius 2 is 1.15 bits per heavy atom. The molecule has 0 radical (unpaired) electrons. The van der Waals surface area contributed by atoms with Gasteiger partial charge in [-0.2, -0.15) is 0 Å². The summed E-state index contributed by atoms with van der Waals surface area (Å²) in [5.74, 6) is 2.34. The average Bonchev–Trinajstić information content (AvgIpc) is 2.85. The summed E-state index contributed by atoms with van der Waals surface area (Å²) in [6, 6.07) is 8.69. The van der Waals surface area contributed by atoms with Gasteiger partial charge >= 0.3 is 0 Å². The first-order chi connectivity index (χ1) is 16.6. The summed E-state index contributed by atoms with van der Waals surface area (Å²) in [4.78, 5) is 13.5. The monoisotopic (exact) mass is 496 g/mol. The Morgan fingerprint density at radius 1 is 0.676 bits per heavy atom. The van der Waals surface area contributed by atoms with Gasteiger partial charge in [-0.1, -0.05) is 6.07 Å². The molecule has 0 bridgehead atoms. The quantitative estimate of drug-likeness (QED) is 0.242. The molecule has 10 heteroatoms. The topological polar surface area (TPSA) is 90.9 Å². The van der Waals surface area contributed by atoms with Crippen LogP contribution in [0.2, 0.25) is 0 Å². The number of rotatable bonds is 17. The standard InChI is InChI=1S/C24H33O9P/c1-26-9-12-31-17-15-20(32-13-10-27-2)23(21(16-17)33-14-11-28-3)34-24(25)22-18(29-4)7-6-8-19(22)30-5/h6-8,15-16,34H,9-14H2,1-5H3. The van der Waals surface area contributed by atoms with Crippen LogP contribution in [-0.4, -0.2) is 80.7 Å². The van der Waals surface area contributed by atoms with E-state index in [2.05, 4.69) is 0 Å².